The molecule has 0 amide bonds. The van der Waals surface area contributed by atoms with Crippen molar-refractivity contribution in [3.05, 3.63) is 0 Å². The number of hydrogen-bond acceptors (Lipinski definition) is 2. The predicted octanol–water partition coefficient (Wildman–Crippen LogP) is 3.38. The van der Waals surface area contributed by atoms with Crippen molar-refractivity contribution in [3.63, 3.8) is 0 Å². The monoisotopic (exact) mass is 209 g/mol. The number of nitriles is 1. The molecule has 0 spiro atoms. The number of hydrogen-bond donors (Lipinski definition) is 0. The fraction of sp³-hybridized carbons (Fsp3) is 0.923. The average molecular weight is 209 g/mol. The molecule has 0 aromatic heterocycles. The van der Waals surface area contributed by atoms with Gasteiger partial charge in [0, 0.05) is 0 Å². The summed E-state index contributed by atoms with van der Waals surface area (Å²) in [5.74, 6) is 2.04. The molecule has 1 saturated carbocycles. The third kappa shape index (κ3) is 3.50. The van der Waals surface area contributed by atoms with Crippen molar-refractivity contribution in [2.45, 2.75) is 59.2 Å². The van der Waals surface area contributed by atoms with E-state index in [2.05, 4.69) is 26.8 Å². The van der Waals surface area contributed by atoms with E-state index >= 15 is 0 Å². The molecule has 0 aliphatic heterocycles. The van der Waals surface area contributed by atoms with Gasteiger partial charge in [0.1, 0.15) is 6.10 Å². The summed E-state index contributed by atoms with van der Waals surface area (Å²) in [7, 11) is 0. The Labute approximate surface area is 93.6 Å². The van der Waals surface area contributed by atoms with Gasteiger partial charge in [-0.15, -0.1) is 0 Å². The van der Waals surface area contributed by atoms with Crippen LogP contribution in [-0.2, 0) is 4.74 Å². The van der Waals surface area contributed by atoms with Crippen LogP contribution in [0.15, 0.2) is 0 Å². The summed E-state index contributed by atoms with van der Waals surface area (Å²) < 4.78 is 5.82. The van der Waals surface area contributed by atoms with E-state index in [0.717, 1.165) is 12.3 Å². The van der Waals surface area contributed by atoms with Gasteiger partial charge >= 0.3 is 0 Å². The Kier molecular flexibility index (Phi) is 4.60. The maximum atomic E-state index is 8.78. The Morgan fingerprint density at radius 3 is 2.47 bits per heavy atom. The zero-order valence-corrected chi connectivity index (χ0v) is 10.4. The predicted molar refractivity (Wildman–Crippen MR) is 61.3 cm³/mol. The van der Waals surface area contributed by atoms with Crippen molar-refractivity contribution in [2.24, 2.45) is 17.8 Å². The molecule has 0 radical (unpaired) electrons. The van der Waals surface area contributed by atoms with Gasteiger partial charge in [-0.2, -0.15) is 5.26 Å². The van der Waals surface area contributed by atoms with Gasteiger partial charge in [0.25, 0.3) is 0 Å². The van der Waals surface area contributed by atoms with Gasteiger partial charge in [-0.3, -0.25) is 0 Å². The second-order valence-corrected chi connectivity index (χ2v) is 5.27. The minimum absolute atomic E-state index is 0.262. The summed E-state index contributed by atoms with van der Waals surface area (Å²) in [5, 5.41) is 8.78. The van der Waals surface area contributed by atoms with Crippen LogP contribution in [0.3, 0.4) is 0 Å². The normalized spacial score (nSPS) is 33.7. The van der Waals surface area contributed by atoms with Crippen molar-refractivity contribution in [1.82, 2.24) is 0 Å². The highest BCUT2D eigenvalue weighted by atomic mass is 16.5. The number of rotatable bonds is 3. The third-order valence-electron chi connectivity index (χ3n) is 3.52. The molecule has 1 unspecified atom stereocenters. The van der Waals surface area contributed by atoms with Crippen molar-refractivity contribution in [1.29, 1.82) is 5.26 Å². The van der Waals surface area contributed by atoms with E-state index in [1.807, 2.05) is 6.92 Å². The van der Waals surface area contributed by atoms with Gasteiger partial charge in [0.15, 0.2) is 0 Å². The first-order valence-electron chi connectivity index (χ1n) is 6.09. The summed E-state index contributed by atoms with van der Waals surface area (Å²) >= 11 is 0. The number of ether oxygens (including phenoxy) is 1. The number of nitrogens with zero attached hydrogens (tertiary/aromatic N) is 1. The van der Waals surface area contributed by atoms with E-state index in [4.69, 9.17) is 10.00 Å². The van der Waals surface area contributed by atoms with Crippen LogP contribution in [0.4, 0.5) is 0 Å². The summed E-state index contributed by atoms with van der Waals surface area (Å²) in [6, 6.07) is 2.16. The highest BCUT2D eigenvalue weighted by Gasteiger charge is 2.32. The molecule has 0 heterocycles. The molecular weight excluding hydrogens is 186 g/mol. The van der Waals surface area contributed by atoms with E-state index in [9.17, 15) is 0 Å². The second kappa shape index (κ2) is 5.51. The van der Waals surface area contributed by atoms with Gasteiger partial charge in [-0.1, -0.05) is 27.2 Å². The van der Waals surface area contributed by atoms with Gasteiger partial charge in [-0.25, -0.2) is 0 Å². The van der Waals surface area contributed by atoms with Crippen molar-refractivity contribution in [2.75, 3.05) is 0 Å². The molecular formula is C13H23NO. The van der Waals surface area contributed by atoms with Crippen molar-refractivity contribution >= 4 is 0 Å². The summed E-state index contributed by atoms with van der Waals surface area (Å²) in [6.45, 7) is 8.64. The first-order valence-corrected chi connectivity index (χ1v) is 6.09. The Morgan fingerprint density at radius 2 is 1.93 bits per heavy atom. The first kappa shape index (κ1) is 12.5. The maximum Gasteiger partial charge on any atom is 0.141 e. The summed E-state index contributed by atoms with van der Waals surface area (Å²) in [5.41, 5.74) is 0. The van der Waals surface area contributed by atoms with Crippen LogP contribution in [0.2, 0.25) is 0 Å². The molecule has 0 bridgehead atoms. The molecule has 1 rings (SSSR count). The van der Waals surface area contributed by atoms with Crippen LogP contribution in [-0.4, -0.2) is 12.2 Å². The lowest BCUT2D eigenvalue weighted by molar-refractivity contribution is -0.0554. The smallest absolute Gasteiger partial charge is 0.141 e. The fourth-order valence-electron chi connectivity index (χ4n) is 2.56. The van der Waals surface area contributed by atoms with Crippen LogP contribution < -0.4 is 0 Å². The quantitative estimate of drug-likeness (QED) is 0.714. The molecule has 1 aliphatic rings. The molecule has 0 saturated heterocycles. The molecule has 4 atom stereocenters. The van der Waals surface area contributed by atoms with Crippen molar-refractivity contribution < 1.29 is 4.74 Å². The van der Waals surface area contributed by atoms with Gasteiger partial charge in [-0.05, 0) is 37.5 Å². The largest absolute Gasteiger partial charge is 0.360 e. The zero-order chi connectivity index (χ0) is 11.4. The van der Waals surface area contributed by atoms with Gasteiger partial charge in [0.2, 0.25) is 0 Å². The van der Waals surface area contributed by atoms with E-state index in [0.29, 0.717) is 17.9 Å². The minimum Gasteiger partial charge on any atom is -0.360 e. The lowest BCUT2D eigenvalue weighted by Gasteiger charge is -2.37. The second-order valence-electron chi connectivity index (χ2n) is 5.27. The maximum absolute atomic E-state index is 8.78. The first-order chi connectivity index (χ1) is 7.04. The topological polar surface area (TPSA) is 33.0 Å². The van der Waals surface area contributed by atoms with E-state index in [-0.39, 0.29) is 6.10 Å². The molecule has 2 nitrogen and oxygen atoms in total. The van der Waals surface area contributed by atoms with Crippen LogP contribution in [0.25, 0.3) is 0 Å². The van der Waals surface area contributed by atoms with Crippen LogP contribution in [0, 0.1) is 29.1 Å². The fourth-order valence-corrected chi connectivity index (χ4v) is 2.56. The van der Waals surface area contributed by atoms with Crippen molar-refractivity contribution in [3.8, 4) is 6.07 Å². The summed E-state index contributed by atoms with van der Waals surface area (Å²) in [6.07, 6.45) is 3.71. The Bertz CT molecular complexity index is 231. The molecule has 1 aliphatic carbocycles. The molecule has 0 aromatic rings. The Balaban J connectivity index is 2.58. The Morgan fingerprint density at radius 1 is 1.27 bits per heavy atom. The summed E-state index contributed by atoms with van der Waals surface area (Å²) in [4.78, 5) is 0. The highest BCUT2D eigenvalue weighted by Crippen LogP contribution is 2.35. The lowest BCUT2D eigenvalue weighted by Crippen LogP contribution is -2.36. The molecule has 86 valence electrons. The standard InChI is InChI=1S/C13H23NO/c1-9(2)12-6-5-10(3)7-13(12)15-11(4)8-14/h9-13H,5-7H2,1-4H3/t10-,11?,12+,13-/m1/s1. The molecule has 1 fully saturated rings. The average Bonchev–Trinajstić information content (AvgIpc) is 2.17. The van der Waals surface area contributed by atoms with Crippen LogP contribution in [0.5, 0.6) is 0 Å². The third-order valence-corrected chi connectivity index (χ3v) is 3.52. The SMILES string of the molecule is CC(C#N)O[C@@H]1C[C@H](C)CC[C@H]1C(C)C. The van der Waals surface area contributed by atoms with Crippen LogP contribution >= 0.6 is 0 Å². The molecule has 2 heteroatoms. The lowest BCUT2D eigenvalue weighted by atomic mass is 9.75. The molecule has 0 N–H and O–H groups in total. The van der Waals surface area contributed by atoms with E-state index in [1.54, 1.807) is 0 Å². The zero-order valence-electron chi connectivity index (χ0n) is 10.4. The Hall–Kier alpha value is -0.550. The molecule has 15 heavy (non-hydrogen) atoms. The van der Waals surface area contributed by atoms with E-state index in [1.165, 1.54) is 12.8 Å². The minimum atomic E-state index is -0.262. The highest BCUT2D eigenvalue weighted by molar-refractivity contribution is 4.86. The van der Waals surface area contributed by atoms with Gasteiger partial charge < -0.3 is 4.74 Å². The van der Waals surface area contributed by atoms with Crippen LogP contribution in [0.1, 0.15) is 47.0 Å². The van der Waals surface area contributed by atoms with E-state index < -0.39 is 0 Å². The molecule has 0 aromatic carbocycles. The van der Waals surface area contributed by atoms with Gasteiger partial charge in [0.05, 0.1) is 12.2 Å².